The molecule has 1 saturated carbocycles. The van der Waals surface area contributed by atoms with Crippen LogP contribution in [0.1, 0.15) is 24.3 Å². The maximum Gasteiger partial charge on any atom is 0.162 e. The Kier molecular flexibility index (Phi) is 6.46. The highest BCUT2D eigenvalue weighted by molar-refractivity contribution is 5.94. The largest absolute Gasteiger partial charge is 0.369 e. The lowest BCUT2D eigenvalue weighted by Gasteiger charge is -2.34. The standard InChI is InChI=1S/C30H35N9/c1-37-13-15-38(16-14-37)24-4-2-3-23(18-24)34-27-17-22(7-8-33-27)29-35-26-20-32-19-25(21-5-6-21)28(26)30(36-29)39-11-9-31-10-12-39/h2-4,7-8,17-21,31H,5-6,9-16H2,1H3,(H,33,34). The topological polar surface area (TPSA) is 85.3 Å². The highest BCUT2D eigenvalue weighted by atomic mass is 15.3. The Bertz CT molecular complexity index is 1470. The minimum Gasteiger partial charge on any atom is -0.369 e. The number of pyridine rings is 2. The Morgan fingerprint density at radius 3 is 2.56 bits per heavy atom. The van der Waals surface area contributed by atoms with Gasteiger partial charge in [0.25, 0.3) is 0 Å². The summed E-state index contributed by atoms with van der Waals surface area (Å²) in [5, 5.41) is 8.15. The van der Waals surface area contributed by atoms with Crippen LogP contribution in [0.3, 0.4) is 0 Å². The van der Waals surface area contributed by atoms with E-state index in [1.54, 1.807) is 0 Å². The molecule has 2 N–H and O–H groups in total. The second kappa shape index (κ2) is 10.4. The van der Waals surface area contributed by atoms with Crippen molar-refractivity contribution >= 4 is 33.9 Å². The summed E-state index contributed by atoms with van der Waals surface area (Å²) in [4.78, 5) is 26.6. The molecule has 7 rings (SSSR count). The van der Waals surface area contributed by atoms with E-state index in [1.165, 1.54) is 29.5 Å². The normalized spacial score (nSPS) is 18.5. The number of nitrogens with zero attached hydrogens (tertiary/aromatic N) is 7. The molecule has 200 valence electrons. The van der Waals surface area contributed by atoms with Crippen molar-refractivity contribution in [1.29, 1.82) is 0 Å². The minimum absolute atomic E-state index is 0.579. The average molecular weight is 522 g/mol. The summed E-state index contributed by atoms with van der Waals surface area (Å²) in [6.07, 6.45) is 8.19. The van der Waals surface area contributed by atoms with E-state index in [9.17, 15) is 0 Å². The van der Waals surface area contributed by atoms with Gasteiger partial charge in [-0.05, 0) is 61.7 Å². The Morgan fingerprint density at radius 2 is 1.74 bits per heavy atom. The number of likely N-dealkylation sites (N-methyl/N-ethyl adjacent to an activating group) is 1. The van der Waals surface area contributed by atoms with Crippen molar-refractivity contribution in [3.8, 4) is 11.4 Å². The predicted octanol–water partition coefficient (Wildman–Crippen LogP) is 3.87. The number of nitrogens with one attached hydrogen (secondary N) is 2. The van der Waals surface area contributed by atoms with Crippen LogP contribution >= 0.6 is 0 Å². The van der Waals surface area contributed by atoms with Crippen molar-refractivity contribution in [1.82, 2.24) is 30.2 Å². The Morgan fingerprint density at radius 1 is 0.897 bits per heavy atom. The number of anilines is 4. The van der Waals surface area contributed by atoms with Crippen molar-refractivity contribution in [3.05, 3.63) is 60.6 Å². The summed E-state index contributed by atoms with van der Waals surface area (Å²) < 4.78 is 0. The number of piperazine rings is 2. The summed E-state index contributed by atoms with van der Waals surface area (Å²) in [7, 11) is 2.18. The van der Waals surface area contributed by atoms with E-state index in [0.717, 1.165) is 80.8 Å². The Balaban J connectivity index is 1.21. The highest BCUT2D eigenvalue weighted by Crippen LogP contribution is 2.44. The van der Waals surface area contributed by atoms with Crippen molar-refractivity contribution in [2.45, 2.75) is 18.8 Å². The zero-order chi connectivity index (χ0) is 26.2. The van der Waals surface area contributed by atoms with Gasteiger partial charge >= 0.3 is 0 Å². The summed E-state index contributed by atoms with van der Waals surface area (Å²) in [5.74, 6) is 3.10. The molecule has 0 bridgehead atoms. The first-order valence-corrected chi connectivity index (χ1v) is 14.1. The lowest BCUT2D eigenvalue weighted by atomic mass is 10.1. The number of aromatic nitrogens is 4. The van der Waals surface area contributed by atoms with Crippen LogP contribution in [0.2, 0.25) is 0 Å². The van der Waals surface area contributed by atoms with E-state index in [0.29, 0.717) is 11.7 Å². The molecule has 5 heterocycles. The van der Waals surface area contributed by atoms with Gasteiger partial charge in [0.15, 0.2) is 5.82 Å². The summed E-state index contributed by atoms with van der Waals surface area (Å²) in [6.45, 7) is 8.04. The van der Waals surface area contributed by atoms with Crippen LogP contribution in [0, 0.1) is 0 Å². The molecule has 4 aromatic rings. The van der Waals surface area contributed by atoms with Gasteiger partial charge in [0.1, 0.15) is 11.6 Å². The third-order valence-electron chi connectivity index (χ3n) is 8.06. The fourth-order valence-corrected chi connectivity index (χ4v) is 5.66. The molecule has 1 aromatic carbocycles. The molecule has 0 unspecified atom stereocenters. The number of benzene rings is 1. The third-order valence-corrected chi connectivity index (χ3v) is 8.06. The second-order valence-corrected chi connectivity index (χ2v) is 10.9. The van der Waals surface area contributed by atoms with Gasteiger partial charge in [-0.15, -0.1) is 0 Å². The molecular weight excluding hydrogens is 486 g/mol. The zero-order valence-corrected chi connectivity index (χ0v) is 22.5. The highest BCUT2D eigenvalue weighted by Gasteiger charge is 2.29. The Hall–Kier alpha value is -3.82. The molecule has 0 atom stereocenters. The molecule has 0 amide bonds. The fraction of sp³-hybridized carbons (Fsp3) is 0.400. The molecule has 2 aliphatic heterocycles. The fourth-order valence-electron chi connectivity index (χ4n) is 5.66. The lowest BCUT2D eigenvalue weighted by molar-refractivity contribution is 0.313. The molecule has 3 fully saturated rings. The van der Waals surface area contributed by atoms with Crippen LogP contribution in [0.25, 0.3) is 22.3 Å². The van der Waals surface area contributed by atoms with E-state index >= 15 is 0 Å². The summed E-state index contributed by atoms with van der Waals surface area (Å²) >= 11 is 0. The average Bonchev–Trinajstić information content (AvgIpc) is 3.83. The molecule has 9 nitrogen and oxygen atoms in total. The maximum atomic E-state index is 5.19. The maximum absolute atomic E-state index is 5.19. The monoisotopic (exact) mass is 521 g/mol. The molecule has 0 spiro atoms. The first-order valence-electron chi connectivity index (χ1n) is 14.1. The molecule has 39 heavy (non-hydrogen) atoms. The number of hydrogen-bond donors (Lipinski definition) is 2. The first-order chi connectivity index (χ1) is 19.2. The van der Waals surface area contributed by atoms with E-state index in [2.05, 4.69) is 66.6 Å². The Labute approximate surface area is 229 Å². The first kappa shape index (κ1) is 24.2. The third kappa shape index (κ3) is 5.12. The SMILES string of the molecule is CN1CCN(c2cccc(Nc3cc(-c4nc(N5CCNCC5)c5c(C6CC6)cncc5n4)ccn3)c2)CC1. The summed E-state index contributed by atoms with van der Waals surface area (Å²) in [6, 6.07) is 12.6. The van der Waals surface area contributed by atoms with Gasteiger partial charge in [-0.25, -0.2) is 15.0 Å². The molecule has 0 radical (unpaired) electrons. The second-order valence-electron chi connectivity index (χ2n) is 10.9. The smallest absolute Gasteiger partial charge is 0.162 e. The van der Waals surface area contributed by atoms with Crippen molar-refractivity contribution in [2.24, 2.45) is 0 Å². The van der Waals surface area contributed by atoms with Crippen molar-refractivity contribution in [3.63, 3.8) is 0 Å². The molecule has 3 aromatic heterocycles. The summed E-state index contributed by atoms with van der Waals surface area (Å²) in [5.41, 5.74) is 5.42. The lowest BCUT2D eigenvalue weighted by Crippen LogP contribution is -2.44. The predicted molar refractivity (Wildman–Crippen MR) is 157 cm³/mol. The number of hydrogen-bond acceptors (Lipinski definition) is 9. The van der Waals surface area contributed by atoms with Crippen molar-refractivity contribution in [2.75, 3.05) is 74.5 Å². The van der Waals surface area contributed by atoms with E-state index in [-0.39, 0.29) is 0 Å². The van der Waals surface area contributed by atoms with E-state index in [4.69, 9.17) is 9.97 Å². The van der Waals surface area contributed by atoms with Crippen LogP contribution < -0.4 is 20.4 Å². The van der Waals surface area contributed by atoms with Gasteiger partial charge in [-0.1, -0.05) is 6.07 Å². The van der Waals surface area contributed by atoms with E-state index in [1.807, 2.05) is 30.7 Å². The number of fused-ring (bicyclic) bond motifs is 1. The molecule has 1 aliphatic carbocycles. The van der Waals surface area contributed by atoms with Crippen LogP contribution in [0.5, 0.6) is 0 Å². The van der Waals surface area contributed by atoms with Crippen LogP contribution in [-0.2, 0) is 0 Å². The van der Waals surface area contributed by atoms with Gasteiger partial charge in [0.05, 0.1) is 11.7 Å². The van der Waals surface area contributed by atoms with Crippen molar-refractivity contribution < 1.29 is 0 Å². The van der Waals surface area contributed by atoms with Crippen LogP contribution in [-0.4, -0.2) is 84.2 Å². The van der Waals surface area contributed by atoms with Gasteiger partial charge < -0.3 is 25.3 Å². The van der Waals surface area contributed by atoms with Gasteiger partial charge in [0.2, 0.25) is 0 Å². The molecule has 9 heteroatoms. The molecule has 3 aliphatic rings. The van der Waals surface area contributed by atoms with E-state index < -0.39 is 0 Å². The quantitative estimate of drug-likeness (QED) is 0.393. The van der Waals surface area contributed by atoms with Crippen LogP contribution in [0.4, 0.5) is 23.0 Å². The van der Waals surface area contributed by atoms with Gasteiger partial charge in [0, 0.05) is 87.1 Å². The van der Waals surface area contributed by atoms with Gasteiger partial charge in [-0.2, -0.15) is 0 Å². The van der Waals surface area contributed by atoms with Crippen LogP contribution in [0.15, 0.2) is 55.0 Å². The number of rotatable bonds is 6. The molecular formula is C30H35N9. The zero-order valence-electron chi connectivity index (χ0n) is 22.5. The minimum atomic E-state index is 0.579. The van der Waals surface area contributed by atoms with Gasteiger partial charge in [-0.3, -0.25) is 4.98 Å². The molecule has 2 saturated heterocycles.